The Morgan fingerprint density at radius 2 is 1.74 bits per heavy atom. The number of esters is 1. The molecule has 0 bridgehead atoms. The molecule has 0 spiro atoms. The molecule has 7 N–H and O–H groups in total. The van der Waals surface area contributed by atoms with E-state index in [0.717, 1.165) is 6.26 Å². The summed E-state index contributed by atoms with van der Waals surface area (Å²) in [5, 5.41) is 70.3. The molecule has 34 heavy (non-hydrogen) atoms. The van der Waals surface area contributed by atoms with E-state index in [-0.39, 0.29) is 16.9 Å². The van der Waals surface area contributed by atoms with E-state index >= 15 is 0 Å². The lowest BCUT2D eigenvalue weighted by Crippen LogP contribution is -2.61. The van der Waals surface area contributed by atoms with Gasteiger partial charge in [0.15, 0.2) is 12.4 Å². The van der Waals surface area contributed by atoms with Crippen molar-refractivity contribution in [1.82, 2.24) is 0 Å². The molecule has 4 rings (SSSR count). The van der Waals surface area contributed by atoms with Crippen LogP contribution >= 0.6 is 0 Å². The fourth-order valence-corrected chi connectivity index (χ4v) is 4.28. The quantitative estimate of drug-likeness (QED) is 0.172. The van der Waals surface area contributed by atoms with Gasteiger partial charge in [-0.2, -0.15) is 0 Å². The number of aromatic hydroxyl groups is 1. The van der Waals surface area contributed by atoms with Crippen molar-refractivity contribution in [3.8, 4) is 5.75 Å². The molecule has 186 valence electrons. The molecule has 0 amide bonds. The maximum absolute atomic E-state index is 12.6. The van der Waals surface area contributed by atoms with Crippen LogP contribution in [-0.2, 0) is 18.9 Å². The van der Waals surface area contributed by atoms with Gasteiger partial charge in [-0.05, 0) is 42.0 Å². The zero-order valence-electron chi connectivity index (χ0n) is 17.7. The summed E-state index contributed by atoms with van der Waals surface area (Å²) >= 11 is 0. The molecule has 0 radical (unpaired) electrons. The highest BCUT2D eigenvalue weighted by Crippen LogP contribution is 2.45. The number of fused-ring (bicyclic) bond motifs is 1. The highest BCUT2D eigenvalue weighted by Gasteiger charge is 2.57. The molecule has 12 nitrogen and oxygen atoms in total. The van der Waals surface area contributed by atoms with Crippen LogP contribution in [0.2, 0.25) is 0 Å². The molecule has 1 aromatic carbocycles. The monoisotopic (exact) mass is 482 g/mol. The molecule has 0 unspecified atom stereocenters. The summed E-state index contributed by atoms with van der Waals surface area (Å²) in [4.78, 5) is 12.6. The van der Waals surface area contributed by atoms with Crippen LogP contribution in [0.1, 0.15) is 10.4 Å². The summed E-state index contributed by atoms with van der Waals surface area (Å²) in [6, 6.07) is 5.29. The van der Waals surface area contributed by atoms with E-state index in [4.69, 9.17) is 18.9 Å². The molecule has 1 aromatic rings. The summed E-state index contributed by atoms with van der Waals surface area (Å²) in [6.07, 6.45) is -6.71. The normalized spacial score (nSPS) is 39.2. The number of benzene rings is 1. The van der Waals surface area contributed by atoms with Gasteiger partial charge in [0.1, 0.15) is 35.8 Å². The van der Waals surface area contributed by atoms with E-state index < -0.39 is 73.8 Å². The first-order chi connectivity index (χ1) is 16.2. The summed E-state index contributed by atoms with van der Waals surface area (Å²) in [5.74, 6) is -1.94. The lowest BCUT2D eigenvalue weighted by Gasteiger charge is -2.44. The van der Waals surface area contributed by atoms with Crippen molar-refractivity contribution in [1.29, 1.82) is 0 Å². The summed E-state index contributed by atoms with van der Waals surface area (Å²) in [6.45, 7) is -1.22. The Morgan fingerprint density at radius 1 is 1.03 bits per heavy atom. The lowest BCUT2D eigenvalue weighted by atomic mass is 9.83. The molecule has 2 aliphatic heterocycles. The topological polar surface area (TPSA) is 196 Å². The third-order valence-electron chi connectivity index (χ3n) is 6.18. The minimum atomic E-state index is -1.90. The number of phenols is 1. The molecular weight excluding hydrogens is 456 g/mol. The highest BCUT2D eigenvalue weighted by atomic mass is 16.8. The average molecular weight is 482 g/mol. The van der Waals surface area contributed by atoms with Gasteiger partial charge in [-0.25, -0.2) is 4.79 Å². The second-order valence-electron chi connectivity index (χ2n) is 8.28. The largest absolute Gasteiger partial charge is 0.508 e. The van der Waals surface area contributed by atoms with Gasteiger partial charge in [0.2, 0.25) is 6.29 Å². The fourth-order valence-electron chi connectivity index (χ4n) is 4.28. The zero-order valence-corrected chi connectivity index (χ0v) is 17.7. The van der Waals surface area contributed by atoms with Crippen LogP contribution in [0.4, 0.5) is 0 Å². The molecule has 1 saturated heterocycles. The SMILES string of the molecule is O=C(O[C@@H]1C=C(CO)[C@H]2[C@@H](O[C@H]3O[C@@H](CO)[C@H](O)[C@@H](O)[C@@H]3O)OC=C[C@]12O)c1ccc(O)cc1. The van der Waals surface area contributed by atoms with E-state index in [1.807, 2.05) is 0 Å². The van der Waals surface area contributed by atoms with Crippen LogP contribution in [0.15, 0.2) is 48.3 Å². The summed E-state index contributed by atoms with van der Waals surface area (Å²) in [7, 11) is 0. The molecule has 1 fully saturated rings. The van der Waals surface area contributed by atoms with Gasteiger partial charge < -0.3 is 54.7 Å². The maximum atomic E-state index is 12.6. The molecule has 9 atom stereocenters. The molecule has 0 aromatic heterocycles. The van der Waals surface area contributed by atoms with Crippen molar-refractivity contribution in [2.24, 2.45) is 5.92 Å². The molecule has 3 aliphatic rings. The van der Waals surface area contributed by atoms with Crippen molar-refractivity contribution in [3.05, 3.63) is 53.8 Å². The Balaban J connectivity index is 1.54. The van der Waals surface area contributed by atoms with Crippen molar-refractivity contribution >= 4 is 5.97 Å². The standard InChI is InChI=1S/C22H26O12/c23-8-11-7-14(33-19(29)10-1-3-12(25)4-2-10)22(30)5-6-31-20(15(11)22)34-21-18(28)17(27)16(26)13(9-24)32-21/h1-7,13-18,20-21,23-28,30H,8-9H2/t13-,14+,15-,16-,17+,18-,20+,21+,22-/m0/s1. The van der Waals surface area contributed by atoms with Gasteiger partial charge >= 0.3 is 5.97 Å². The predicted octanol–water partition coefficient (Wildman–Crippen LogP) is -2.12. The number of carbonyl (C=O) groups is 1. The maximum Gasteiger partial charge on any atom is 0.338 e. The number of ether oxygens (including phenoxy) is 4. The number of carbonyl (C=O) groups excluding carboxylic acids is 1. The van der Waals surface area contributed by atoms with Crippen molar-refractivity contribution in [2.45, 2.75) is 48.7 Å². The summed E-state index contributed by atoms with van der Waals surface area (Å²) in [5.41, 5.74) is -1.57. The first-order valence-electron chi connectivity index (χ1n) is 10.5. The number of hydrogen-bond acceptors (Lipinski definition) is 12. The molecule has 12 heteroatoms. The van der Waals surface area contributed by atoms with Gasteiger partial charge in [0.05, 0.1) is 31.0 Å². The Bertz CT molecular complexity index is 944. The van der Waals surface area contributed by atoms with Gasteiger partial charge in [0.25, 0.3) is 0 Å². The Labute approximate surface area is 193 Å². The van der Waals surface area contributed by atoms with Crippen molar-refractivity contribution in [3.63, 3.8) is 0 Å². The van der Waals surface area contributed by atoms with E-state index in [2.05, 4.69) is 0 Å². The second-order valence-corrected chi connectivity index (χ2v) is 8.28. The smallest absolute Gasteiger partial charge is 0.338 e. The first-order valence-corrected chi connectivity index (χ1v) is 10.5. The van der Waals surface area contributed by atoms with Crippen LogP contribution in [-0.4, -0.2) is 104 Å². The number of rotatable bonds is 6. The van der Waals surface area contributed by atoms with Crippen LogP contribution in [0.25, 0.3) is 0 Å². The Morgan fingerprint density at radius 3 is 2.38 bits per heavy atom. The van der Waals surface area contributed by atoms with Crippen LogP contribution < -0.4 is 0 Å². The first kappa shape index (κ1) is 24.6. The average Bonchev–Trinajstić information content (AvgIpc) is 3.11. The van der Waals surface area contributed by atoms with E-state index in [0.29, 0.717) is 0 Å². The zero-order chi connectivity index (χ0) is 24.6. The van der Waals surface area contributed by atoms with Gasteiger partial charge in [0, 0.05) is 0 Å². The van der Waals surface area contributed by atoms with Crippen molar-refractivity contribution < 1.29 is 59.5 Å². The number of phenolic OH excluding ortho intramolecular Hbond substituents is 1. The lowest BCUT2D eigenvalue weighted by molar-refractivity contribution is -0.344. The van der Waals surface area contributed by atoms with E-state index in [1.54, 1.807) is 0 Å². The van der Waals surface area contributed by atoms with E-state index in [9.17, 15) is 40.5 Å². The van der Waals surface area contributed by atoms with Crippen LogP contribution in [0.5, 0.6) is 5.75 Å². The minimum absolute atomic E-state index is 0.0425. The van der Waals surface area contributed by atoms with Gasteiger partial charge in [-0.15, -0.1) is 0 Å². The minimum Gasteiger partial charge on any atom is -0.508 e. The van der Waals surface area contributed by atoms with Crippen LogP contribution in [0, 0.1) is 5.92 Å². The molecule has 0 saturated carbocycles. The van der Waals surface area contributed by atoms with E-state index in [1.165, 1.54) is 36.4 Å². The fraction of sp³-hybridized carbons (Fsp3) is 0.500. The second kappa shape index (κ2) is 9.60. The molecule has 2 heterocycles. The summed E-state index contributed by atoms with van der Waals surface area (Å²) < 4.78 is 21.9. The molecular formula is C22H26O12. The van der Waals surface area contributed by atoms with Crippen molar-refractivity contribution in [2.75, 3.05) is 13.2 Å². The Hall–Kier alpha value is -2.55. The highest BCUT2D eigenvalue weighted by molar-refractivity contribution is 5.89. The Kier molecular flexibility index (Phi) is 6.94. The third-order valence-corrected chi connectivity index (χ3v) is 6.18. The third kappa shape index (κ3) is 4.30. The molecule has 1 aliphatic carbocycles. The number of hydrogen-bond donors (Lipinski definition) is 7. The predicted molar refractivity (Wildman–Crippen MR) is 110 cm³/mol. The number of aliphatic hydroxyl groups is 6. The van der Waals surface area contributed by atoms with Gasteiger partial charge in [-0.3, -0.25) is 0 Å². The van der Waals surface area contributed by atoms with Crippen LogP contribution in [0.3, 0.4) is 0 Å². The van der Waals surface area contributed by atoms with Gasteiger partial charge in [-0.1, -0.05) is 0 Å². The number of aliphatic hydroxyl groups excluding tert-OH is 5.